The van der Waals surface area contributed by atoms with E-state index < -0.39 is 0 Å². The van der Waals surface area contributed by atoms with Crippen LogP contribution in [0.1, 0.15) is 45.1 Å². The summed E-state index contributed by atoms with van der Waals surface area (Å²) < 4.78 is 0. The number of nitrogens with zero attached hydrogens (tertiary/aromatic N) is 1. The summed E-state index contributed by atoms with van der Waals surface area (Å²) in [5.41, 5.74) is 1.94. The molecule has 0 aromatic heterocycles. The molecule has 23 heavy (non-hydrogen) atoms. The van der Waals surface area contributed by atoms with Crippen LogP contribution in [0.25, 0.3) is 5.57 Å². The van der Waals surface area contributed by atoms with Crippen LogP contribution in [0, 0.1) is 0 Å². The number of unbranched alkanes of at least 4 members (excludes halogenated alkanes) is 2. The number of rotatable bonds is 8. The molecule has 1 aromatic rings. The monoisotopic (exact) mass is 311 g/mol. The molecular formula is C20H25NO2. The predicted molar refractivity (Wildman–Crippen MR) is 93.9 cm³/mol. The molecule has 0 atom stereocenters. The van der Waals surface area contributed by atoms with E-state index in [4.69, 9.17) is 0 Å². The average Bonchev–Trinajstić information content (AvgIpc) is 2.58. The average molecular weight is 311 g/mol. The summed E-state index contributed by atoms with van der Waals surface area (Å²) in [5.74, 6) is -0.139. The van der Waals surface area contributed by atoms with Gasteiger partial charge in [0.25, 0.3) is 0 Å². The van der Waals surface area contributed by atoms with E-state index in [1.807, 2.05) is 30.3 Å². The fourth-order valence-electron chi connectivity index (χ4n) is 2.78. The lowest BCUT2D eigenvalue weighted by Gasteiger charge is -2.29. The number of hydrogen-bond donors (Lipinski definition) is 0. The highest BCUT2D eigenvalue weighted by molar-refractivity contribution is 6.35. The molecule has 3 nitrogen and oxygen atoms in total. The number of benzene rings is 1. The van der Waals surface area contributed by atoms with E-state index in [0.717, 1.165) is 44.3 Å². The van der Waals surface area contributed by atoms with Gasteiger partial charge in [0.2, 0.25) is 5.78 Å². The number of allylic oxidation sites excluding steroid dienone is 3. The summed E-state index contributed by atoms with van der Waals surface area (Å²) in [5, 5.41) is 0. The van der Waals surface area contributed by atoms with E-state index in [1.165, 1.54) is 12.2 Å². The summed E-state index contributed by atoms with van der Waals surface area (Å²) in [7, 11) is 0. The van der Waals surface area contributed by atoms with Gasteiger partial charge in [0.05, 0.1) is 11.3 Å². The molecule has 0 bridgehead atoms. The molecule has 0 saturated carbocycles. The van der Waals surface area contributed by atoms with Crippen LogP contribution in [0.4, 0.5) is 0 Å². The van der Waals surface area contributed by atoms with Gasteiger partial charge in [0.15, 0.2) is 5.78 Å². The predicted octanol–water partition coefficient (Wildman–Crippen LogP) is 4.01. The van der Waals surface area contributed by atoms with Gasteiger partial charge in [0.1, 0.15) is 0 Å². The molecule has 2 rings (SSSR count). The van der Waals surface area contributed by atoms with Crippen LogP contribution in [0.5, 0.6) is 0 Å². The Morgan fingerprint density at radius 1 is 0.826 bits per heavy atom. The van der Waals surface area contributed by atoms with Gasteiger partial charge >= 0.3 is 0 Å². The lowest BCUT2D eigenvalue weighted by Crippen LogP contribution is -2.32. The van der Waals surface area contributed by atoms with Crippen LogP contribution in [0.15, 0.2) is 48.2 Å². The number of carbonyl (C=O) groups excluding carboxylic acids is 2. The van der Waals surface area contributed by atoms with Crippen molar-refractivity contribution in [2.75, 3.05) is 13.1 Å². The van der Waals surface area contributed by atoms with E-state index in [9.17, 15) is 9.59 Å². The highest BCUT2D eigenvalue weighted by Crippen LogP contribution is 2.27. The molecule has 1 aliphatic carbocycles. The third-order valence-electron chi connectivity index (χ3n) is 4.04. The largest absolute Gasteiger partial charge is 0.368 e. The molecular weight excluding hydrogens is 286 g/mol. The maximum absolute atomic E-state index is 12.6. The van der Waals surface area contributed by atoms with E-state index in [0.29, 0.717) is 11.3 Å². The van der Waals surface area contributed by atoms with Crippen LogP contribution in [-0.4, -0.2) is 29.6 Å². The van der Waals surface area contributed by atoms with Crippen LogP contribution in [0.2, 0.25) is 0 Å². The standard InChI is InChI=1S/C20H25NO2/c1-3-5-14-21(15-6-4-2)20-18(23)13-12-17(22)19(20)16-10-8-7-9-11-16/h7-13H,3-6,14-15H2,1-2H3. The first-order valence-corrected chi connectivity index (χ1v) is 8.50. The van der Waals surface area contributed by atoms with Crippen molar-refractivity contribution in [2.24, 2.45) is 0 Å². The zero-order valence-corrected chi connectivity index (χ0v) is 14.0. The lowest BCUT2D eigenvalue weighted by molar-refractivity contribution is -0.115. The SMILES string of the molecule is CCCCN(CCCC)C1=C(c2ccccc2)C(=O)C=CC1=O. The highest BCUT2D eigenvalue weighted by Gasteiger charge is 2.27. The number of ketones is 2. The van der Waals surface area contributed by atoms with Gasteiger partial charge in [-0.25, -0.2) is 0 Å². The van der Waals surface area contributed by atoms with Gasteiger partial charge in [-0.1, -0.05) is 57.0 Å². The summed E-state index contributed by atoms with van der Waals surface area (Å²) in [4.78, 5) is 27.1. The molecule has 1 aromatic carbocycles. The Hall–Kier alpha value is -2.16. The summed E-state index contributed by atoms with van der Waals surface area (Å²) in [6, 6.07) is 9.52. The lowest BCUT2D eigenvalue weighted by atomic mass is 9.92. The van der Waals surface area contributed by atoms with Crippen molar-refractivity contribution >= 4 is 17.1 Å². The fraction of sp³-hybridized carbons (Fsp3) is 0.400. The molecule has 0 spiro atoms. The molecule has 122 valence electrons. The summed E-state index contributed by atoms with van der Waals surface area (Å²) in [6.07, 6.45) is 6.96. The minimum absolute atomic E-state index is 0.0596. The van der Waals surface area contributed by atoms with Crippen molar-refractivity contribution in [3.05, 3.63) is 53.7 Å². The maximum Gasteiger partial charge on any atom is 0.202 e. The van der Waals surface area contributed by atoms with Crippen LogP contribution >= 0.6 is 0 Å². The smallest absolute Gasteiger partial charge is 0.202 e. The summed E-state index contributed by atoms with van der Waals surface area (Å²) >= 11 is 0. The van der Waals surface area contributed by atoms with Gasteiger partial charge < -0.3 is 4.90 Å². The van der Waals surface area contributed by atoms with Crippen molar-refractivity contribution in [2.45, 2.75) is 39.5 Å². The van der Waals surface area contributed by atoms with Crippen molar-refractivity contribution in [3.8, 4) is 0 Å². The minimum atomic E-state index is -0.0798. The van der Waals surface area contributed by atoms with Crippen molar-refractivity contribution in [1.29, 1.82) is 0 Å². The second-order valence-electron chi connectivity index (χ2n) is 5.85. The molecule has 0 unspecified atom stereocenters. The van der Waals surface area contributed by atoms with Crippen molar-refractivity contribution < 1.29 is 9.59 Å². The Balaban J connectivity index is 2.47. The molecule has 0 heterocycles. The zero-order chi connectivity index (χ0) is 16.7. The molecule has 0 saturated heterocycles. The fourth-order valence-corrected chi connectivity index (χ4v) is 2.78. The Kier molecular flexibility index (Phi) is 6.33. The topological polar surface area (TPSA) is 37.4 Å². The second kappa shape index (κ2) is 8.47. The molecule has 0 radical (unpaired) electrons. The first kappa shape index (κ1) is 17.2. The minimum Gasteiger partial charge on any atom is -0.368 e. The van der Waals surface area contributed by atoms with Crippen LogP contribution < -0.4 is 0 Å². The number of carbonyl (C=O) groups is 2. The van der Waals surface area contributed by atoms with Crippen LogP contribution in [0.3, 0.4) is 0 Å². The molecule has 0 amide bonds. The van der Waals surface area contributed by atoms with Gasteiger partial charge in [-0.2, -0.15) is 0 Å². The van der Waals surface area contributed by atoms with Crippen molar-refractivity contribution in [1.82, 2.24) is 4.90 Å². The Morgan fingerprint density at radius 3 is 1.96 bits per heavy atom. The first-order valence-electron chi connectivity index (χ1n) is 8.50. The third kappa shape index (κ3) is 4.19. The maximum atomic E-state index is 12.6. The van der Waals surface area contributed by atoms with Gasteiger partial charge in [0, 0.05) is 13.1 Å². The third-order valence-corrected chi connectivity index (χ3v) is 4.04. The van der Waals surface area contributed by atoms with E-state index in [2.05, 4.69) is 18.7 Å². The summed E-state index contributed by atoms with van der Waals surface area (Å²) in [6.45, 7) is 5.90. The number of hydrogen-bond acceptors (Lipinski definition) is 3. The Morgan fingerprint density at radius 2 is 1.39 bits per heavy atom. The molecule has 1 aliphatic rings. The van der Waals surface area contributed by atoms with Crippen molar-refractivity contribution in [3.63, 3.8) is 0 Å². The second-order valence-corrected chi connectivity index (χ2v) is 5.85. The molecule has 0 N–H and O–H groups in total. The van der Waals surface area contributed by atoms with Gasteiger partial charge in [-0.3, -0.25) is 9.59 Å². The Labute approximate surface area is 138 Å². The quantitative estimate of drug-likeness (QED) is 0.681. The van der Waals surface area contributed by atoms with E-state index >= 15 is 0 Å². The molecule has 0 aliphatic heterocycles. The molecule has 0 fully saturated rings. The normalized spacial score (nSPS) is 14.5. The first-order chi connectivity index (χ1) is 11.2. The van der Waals surface area contributed by atoms with E-state index in [1.54, 1.807) is 0 Å². The zero-order valence-electron chi connectivity index (χ0n) is 14.0. The van der Waals surface area contributed by atoms with E-state index in [-0.39, 0.29) is 11.6 Å². The van der Waals surface area contributed by atoms with Crippen LogP contribution in [-0.2, 0) is 9.59 Å². The highest BCUT2D eigenvalue weighted by atomic mass is 16.1. The Bertz CT molecular complexity index is 606. The van der Waals surface area contributed by atoms with Gasteiger partial charge in [-0.15, -0.1) is 0 Å². The van der Waals surface area contributed by atoms with Gasteiger partial charge in [-0.05, 0) is 30.6 Å². The molecule has 3 heteroatoms.